The van der Waals surface area contributed by atoms with Crippen LogP contribution >= 0.6 is 11.3 Å². The maximum absolute atomic E-state index is 11.9. The predicted octanol–water partition coefficient (Wildman–Crippen LogP) is 3.36. The molecule has 2 aromatic rings. The zero-order valence-electron chi connectivity index (χ0n) is 16.9. The molecule has 7 heteroatoms. The predicted molar refractivity (Wildman–Crippen MR) is 116 cm³/mol. The molecule has 28 heavy (non-hydrogen) atoms. The SMILES string of the molecule is CCNC(=NCCCNC(=O)c1cccs1)N(C)Cc1ccc(OCC)cc1. The highest BCUT2D eigenvalue weighted by Gasteiger charge is 2.07. The molecule has 0 spiro atoms. The summed E-state index contributed by atoms with van der Waals surface area (Å²) in [6.45, 7) is 7.54. The molecule has 6 nitrogen and oxygen atoms in total. The molecule has 0 radical (unpaired) electrons. The Bertz CT molecular complexity index is 729. The minimum absolute atomic E-state index is 0.0153. The number of amides is 1. The lowest BCUT2D eigenvalue weighted by Gasteiger charge is -2.22. The molecule has 0 atom stereocenters. The maximum atomic E-state index is 11.9. The van der Waals surface area contributed by atoms with Crippen LogP contribution in [0.15, 0.2) is 46.8 Å². The van der Waals surface area contributed by atoms with Gasteiger partial charge >= 0.3 is 0 Å². The van der Waals surface area contributed by atoms with Crippen molar-refractivity contribution in [1.82, 2.24) is 15.5 Å². The number of thiophene rings is 1. The van der Waals surface area contributed by atoms with Gasteiger partial charge in [-0.15, -0.1) is 11.3 Å². The summed E-state index contributed by atoms with van der Waals surface area (Å²) < 4.78 is 5.49. The molecule has 0 aliphatic carbocycles. The van der Waals surface area contributed by atoms with E-state index in [-0.39, 0.29) is 5.91 Å². The Morgan fingerprint density at radius 1 is 1.18 bits per heavy atom. The van der Waals surface area contributed by atoms with Gasteiger partial charge in [-0.25, -0.2) is 0 Å². The van der Waals surface area contributed by atoms with Crippen molar-refractivity contribution < 1.29 is 9.53 Å². The van der Waals surface area contributed by atoms with Gasteiger partial charge in [0.15, 0.2) is 5.96 Å². The molecule has 0 saturated heterocycles. The van der Waals surface area contributed by atoms with E-state index in [4.69, 9.17) is 4.74 Å². The second kappa shape index (κ2) is 12.0. The Morgan fingerprint density at radius 3 is 2.61 bits per heavy atom. The van der Waals surface area contributed by atoms with Gasteiger partial charge in [-0.1, -0.05) is 18.2 Å². The number of nitrogens with zero attached hydrogens (tertiary/aromatic N) is 2. The van der Waals surface area contributed by atoms with Gasteiger partial charge in [0.25, 0.3) is 5.91 Å². The first-order valence-electron chi connectivity index (χ1n) is 9.67. The summed E-state index contributed by atoms with van der Waals surface area (Å²) >= 11 is 1.45. The van der Waals surface area contributed by atoms with Crippen LogP contribution in [0.25, 0.3) is 0 Å². The van der Waals surface area contributed by atoms with E-state index >= 15 is 0 Å². The second-order valence-electron chi connectivity index (χ2n) is 6.26. The fourth-order valence-corrected chi connectivity index (χ4v) is 3.28. The van der Waals surface area contributed by atoms with Crippen LogP contribution in [0, 0.1) is 0 Å². The average Bonchev–Trinajstić information content (AvgIpc) is 3.23. The summed E-state index contributed by atoms with van der Waals surface area (Å²) in [6.07, 6.45) is 0.795. The summed E-state index contributed by atoms with van der Waals surface area (Å²) in [7, 11) is 2.02. The Kier molecular flexibility index (Phi) is 9.34. The average molecular weight is 403 g/mol. The molecule has 0 unspecified atom stereocenters. The smallest absolute Gasteiger partial charge is 0.261 e. The fraction of sp³-hybridized carbons (Fsp3) is 0.429. The standard InChI is InChI=1S/C21H30N4O2S/c1-4-22-21(24-14-7-13-23-20(26)19-8-6-15-28-19)25(3)16-17-9-11-18(12-10-17)27-5-2/h6,8-12,15H,4-5,7,13-14,16H2,1-3H3,(H,22,24)(H,23,26). The van der Waals surface area contributed by atoms with E-state index < -0.39 is 0 Å². The minimum Gasteiger partial charge on any atom is -0.494 e. The molecular formula is C21H30N4O2S. The number of guanidine groups is 1. The van der Waals surface area contributed by atoms with Crippen LogP contribution in [0.1, 0.15) is 35.5 Å². The van der Waals surface area contributed by atoms with Gasteiger partial charge in [-0.2, -0.15) is 0 Å². The fourth-order valence-electron chi connectivity index (χ4n) is 2.64. The van der Waals surface area contributed by atoms with Crippen molar-refractivity contribution in [1.29, 1.82) is 0 Å². The lowest BCUT2D eigenvalue weighted by molar-refractivity contribution is 0.0957. The second-order valence-corrected chi connectivity index (χ2v) is 7.20. The van der Waals surface area contributed by atoms with E-state index in [0.717, 1.165) is 36.1 Å². The van der Waals surface area contributed by atoms with Crippen LogP contribution in [-0.4, -0.2) is 50.1 Å². The molecular weight excluding hydrogens is 372 g/mol. The van der Waals surface area contributed by atoms with Crippen molar-refractivity contribution in [2.45, 2.75) is 26.8 Å². The van der Waals surface area contributed by atoms with E-state index in [2.05, 4.69) is 39.6 Å². The lowest BCUT2D eigenvalue weighted by Crippen LogP contribution is -2.38. The van der Waals surface area contributed by atoms with Crippen molar-refractivity contribution in [2.24, 2.45) is 4.99 Å². The monoisotopic (exact) mass is 402 g/mol. The first-order chi connectivity index (χ1) is 13.6. The first kappa shape index (κ1) is 21.8. The van der Waals surface area contributed by atoms with E-state index in [1.54, 1.807) is 0 Å². The highest BCUT2D eigenvalue weighted by molar-refractivity contribution is 7.12. The number of hydrogen-bond donors (Lipinski definition) is 2. The highest BCUT2D eigenvalue weighted by Crippen LogP contribution is 2.13. The first-order valence-corrected chi connectivity index (χ1v) is 10.5. The number of aliphatic imine (C=N–C) groups is 1. The summed E-state index contributed by atoms with van der Waals surface area (Å²) in [5.41, 5.74) is 1.19. The van der Waals surface area contributed by atoms with Crippen molar-refractivity contribution in [3.05, 3.63) is 52.2 Å². The van der Waals surface area contributed by atoms with Crippen LogP contribution in [0.5, 0.6) is 5.75 Å². The number of benzene rings is 1. The van der Waals surface area contributed by atoms with Crippen molar-refractivity contribution >= 4 is 23.2 Å². The molecule has 1 amide bonds. The third kappa shape index (κ3) is 7.23. The van der Waals surface area contributed by atoms with Gasteiger partial charge in [0, 0.05) is 33.2 Å². The zero-order valence-corrected chi connectivity index (χ0v) is 17.7. The number of rotatable bonds is 10. The topological polar surface area (TPSA) is 66.0 Å². The molecule has 2 rings (SSSR count). The third-order valence-corrected chi connectivity index (χ3v) is 4.85. The van der Waals surface area contributed by atoms with Crippen LogP contribution in [0.2, 0.25) is 0 Å². The van der Waals surface area contributed by atoms with E-state index in [0.29, 0.717) is 19.7 Å². The molecule has 0 saturated carbocycles. The van der Waals surface area contributed by atoms with Gasteiger partial charge in [-0.3, -0.25) is 9.79 Å². The molecule has 2 N–H and O–H groups in total. The van der Waals surface area contributed by atoms with Gasteiger partial charge in [0.2, 0.25) is 0 Å². The quantitative estimate of drug-likeness (QED) is 0.363. The molecule has 1 aromatic heterocycles. The normalized spacial score (nSPS) is 11.2. The van der Waals surface area contributed by atoms with Crippen molar-refractivity contribution in [3.63, 3.8) is 0 Å². The largest absolute Gasteiger partial charge is 0.494 e. The summed E-state index contributed by atoms with van der Waals surface area (Å²) in [5, 5.41) is 8.16. The molecule has 0 fully saturated rings. The van der Waals surface area contributed by atoms with Gasteiger partial charge in [0.1, 0.15) is 5.75 Å². The number of hydrogen-bond acceptors (Lipinski definition) is 4. The lowest BCUT2D eigenvalue weighted by atomic mass is 10.2. The minimum atomic E-state index is -0.0153. The van der Waals surface area contributed by atoms with Crippen molar-refractivity contribution in [2.75, 3.05) is 33.3 Å². The molecule has 0 bridgehead atoms. The van der Waals surface area contributed by atoms with Crippen LogP contribution < -0.4 is 15.4 Å². The molecule has 1 heterocycles. The molecule has 0 aliphatic heterocycles. The third-order valence-electron chi connectivity index (χ3n) is 3.98. The van der Waals surface area contributed by atoms with Gasteiger partial charge < -0.3 is 20.3 Å². The zero-order chi connectivity index (χ0) is 20.2. The van der Waals surface area contributed by atoms with E-state index in [9.17, 15) is 4.79 Å². The molecule has 1 aromatic carbocycles. The highest BCUT2D eigenvalue weighted by atomic mass is 32.1. The van der Waals surface area contributed by atoms with Crippen molar-refractivity contribution in [3.8, 4) is 5.75 Å². The van der Waals surface area contributed by atoms with E-state index in [1.807, 2.05) is 43.6 Å². The van der Waals surface area contributed by atoms with E-state index in [1.165, 1.54) is 16.9 Å². The van der Waals surface area contributed by atoms with Crippen LogP contribution in [0.3, 0.4) is 0 Å². The van der Waals surface area contributed by atoms with Gasteiger partial charge in [0.05, 0.1) is 11.5 Å². The molecule has 152 valence electrons. The Balaban J connectivity index is 1.80. The molecule has 0 aliphatic rings. The Morgan fingerprint density at radius 2 is 1.96 bits per heavy atom. The van der Waals surface area contributed by atoms with Crippen LogP contribution in [-0.2, 0) is 6.54 Å². The number of ether oxygens (including phenoxy) is 1. The Labute approximate surface area is 171 Å². The summed E-state index contributed by atoms with van der Waals surface area (Å²) in [5.74, 6) is 1.73. The van der Waals surface area contributed by atoms with Gasteiger partial charge in [-0.05, 0) is 49.4 Å². The summed E-state index contributed by atoms with van der Waals surface area (Å²) in [4.78, 5) is 19.4. The van der Waals surface area contributed by atoms with Crippen LogP contribution in [0.4, 0.5) is 0 Å². The maximum Gasteiger partial charge on any atom is 0.261 e. The number of nitrogens with one attached hydrogen (secondary N) is 2. The summed E-state index contributed by atoms with van der Waals surface area (Å²) in [6, 6.07) is 11.8. The number of carbonyl (C=O) groups is 1. The Hall–Kier alpha value is -2.54. The number of carbonyl (C=O) groups excluding carboxylic acids is 1.